The fraction of sp³-hybridized carbons (Fsp3) is 0.350. The van der Waals surface area contributed by atoms with E-state index < -0.39 is 11.8 Å². The Hall–Kier alpha value is -2.31. The van der Waals surface area contributed by atoms with Gasteiger partial charge in [0.1, 0.15) is 0 Å². The van der Waals surface area contributed by atoms with Gasteiger partial charge in [0, 0.05) is 28.0 Å². The fourth-order valence-corrected chi connectivity index (χ4v) is 3.85. The van der Waals surface area contributed by atoms with E-state index in [0.29, 0.717) is 10.0 Å². The molecule has 1 aliphatic rings. The van der Waals surface area contributed by atoms with Crippen molar-refractivity contribution in [2.75, 3.05) is 0 Å². The molecular weight excluding hydrogens is 399 g/mol. The average Bonchev–Trinajstić information content (AvgIpc) is 3.25. The molecule has 0 aliphatic heterocycles. The van der Waals surface area contributed by atoms with Crippen LogP contribution in [0.1, 0.15) is 42.6 Å². The third-order valence-electron chi connectivity index (χ3n) is 4.89. The van der Waals surface area contributed by atoms with Gasteiger partial charge in [-0.2, -0.15) is 5.10 Å². The number of nitrogens with one attached hydrogen (secondary N) is 2. The van der Waals surface area contributed by atoms with Gasteiger partial charge in [0.2, 0.25) is 0 Å². The van der Waals surface area contributed by atoms with Crippen LogP contribution in [0, 0.1) is 13.8 Å². The van der Waals surface area contributed by atoms with Crippen LogP contribution in [0.5, 0.6) is 0 Å². The van der Waals surface area contributed by atoms with Crippen LogP contribution in [0.4, 0.5) is 0 Å². The van der Waals surface area contributed by atoms with Crippen molar-refractivity contribution in [1.29, 1.82) is 0 Å². The topological polar surface area (TPSA) is 75.5 Å². The third kappa shape index (κ3) is 4.56. The van der Waals surface area contributed by atoms with Gasteiger partial charge in [0.15, 0.2) is 0 Å². The van der Waals surface area contributed by atoms with Gasteiger partial charge in [-0.15, -0.1) is 0 Å². The van der Waals surface area contributed by atoms with Gasteiger partial charge in [-0.05, 0) is 51.0 Å². The molecule has 1 saturated carbocycles. The molecule has 1 aliphatic carbocycles. The molecule has 8 heteroatoms. The first-order chi connectivity index (χ1) is 13.4. The molecule has 0 saturated heterocycles. The lowest BCUT2D eigenvalue weighted by Crippen LogP contribution is -2.42. The first kappa shape index (κ1) is 20.4. The van der Waals surface area contributed by atoms with E-state index >= 15 is 0 Å². The van der Waals surface area contributed by atoms with Crippen LogP contribution in [-0.4, -0.2) is 28.6 Å². The number of halogens is 2. The SMILES string of the molecule is Cc1cc(/C=N\NC(=O)C(=O)NC2CCCC2)c(C)n1-c1cc(Cl)ccc1Cl. The van der Waals surface area contributed by atoms with Crippen LogP contribution in [0.2, 0.25) is 10.0 Å². The number of carbonyl (C=O) groups excluding carboxylic acids is 2. The molecule has 28 heavy (non-hydrogen) atoms. The molecule has 0 unspecified atom stereocenters. The van der Waals surface area contributed by atoms with E-state index in [4.69, 9.17) is 23.2 Å². The second-order valence-electron chi connectivity index (χ2n) is 6.91. The van der Waals surface area contributed by atoms with Crippen molar-refractivity contribution < 1.29 is 9.59 Å². The van der Waals surface area contributed by atoms with Crippen LogP contribution < -0.4 is 10.7 Å². The fourth-order valence-electron chi connectivity index (χ4n) is 3.48. The molecule has 148 valence electrons. The van der Waals surface area contributed by atoms with E-state index in [1.165, 1.54) is 6.21 Å². The Kier molecular flexibility index (Phi) is 6.42. The molecule has 3 rings (SSSR count). The predicted molar refractivity (Wildman–Crippen MR) is 111 cm³/mol. The average molecular weight is 421 g/mol. The maximum atomic E-state index is 11.9. The standard InChI is InChI=1S/C20H22Cl2N4O2/c1-12-9-14(13(2)26(12)18-10-15(21)7-8-17(18)22)11-23-25-20(28)19(27)24-16-5-3-4-6-16/h7-11,16H,3-6H2,1-2H3,(H,24,27)(H,25,28)/b23-11-. The van der Waals surface area contributed by atoms with Crippen LogP contribution in [-0.2, 0) is 9.59 Å². The second kappa shape index (κ2) is 8.80. The van der Waals surface area contributed by atoms with Crippen LogP contribution in [0.25, 0.3) is 5.69 Å². The Morgan fingerprint density at radius 1 is 1.14 bits per heavy atom. The predicted octanol–water partition coefficient (Wildman–Crippen LogP) is 3.91. The lowest BCUT2D eigenvalue weighted by atomic mass is 10.2. The van der Waals surface area contributed by atoms with Crippen molar-refractivity contribution in [2.24, 2.45) is 5.10 Å². The van der Waals surface area contributed by atoms with Crippen LogP contribution in [0.3, 0.4) is 0 Å². The summed E-state index contributed by atoms with van der Waals surface area (Å²) in [5.41, 5.74) is 5.67. The summed E-state index contributed by atoms with van der Waals surface area (Å²) in [6.45, 7) is 3.86. The Morgan fingerprint density at radius 2 is 1.86 bits per heavy atom. The number of aromatic nitrogens is 1. The zero-order valence-electron chi connectivity index (χ0n) is 15.8. The molecule has 2 N–H and O–H groups in total. The minimum absolute atomic E-state index is 0.0867. The molecule has 1 fully saturated rings. The second-order valence-corrected chi connectivity index (χ2v) is 7.76. The van der Waals surface area contributed by atoms with Crippen molar-refractivity contribution in [3.63, 3.8) is 0 Å². The van der Waals surface area contributed by atoms with Crippen LogP contribution in [0.15, 0.2) is 29.4 Å². The number of hydrogen-bond donors (Lipinski definition) is 2. The molecule has 0 atom stereocenters. The Morgan fingerprint density at radius 3 is 2.57 bits per heavy atom. The lowest BCUT2D eigenvalue weighted by Gasteiger charge is -2.12. The number of benzene rings is 1. The molecule has 2 amide bonds. The summed E-state index contributed by atoms with van der Waals surface area (Å²) in [6.07, 6.45) is 5.51. The minimum atomic E-state index is -0.769. The summed E-state index contributed by atoms with van der Waals surface area (Å²) in [6, 6.07) is 7.27. The Bertz CT molecular complexity index is 931. The Balaban J connectivity index is 1.70. The highest BCUT2D eigenvalue weighted by Gasteiger charge is 2.21. The molecule has 1 heterocycles. The van der Waals surface area contributed by atoms with E-state index in [-0.39, 0.29) is 6.04 Å². The molecule has 0 radical (unpaired) electrons. The van der Waals surface area contributed by atoms with E-state index in [0.717, 1.165) is 48.3 Å². The number of hydrogen-bond acceptors (Lipinski definition) is 3. The highest BCUT2D eigenvalue weighted by molar-refractivity contribution is 6.35. The zero-order chi connectivity index (χ0) is 20.3. The highest BCUT2D eigenvalue weighted by atomic mass is 35.5. The molecule has 0 bridgehead atoms. The third-order valence-corrected chi connectivity index (χ3v) is 5.44. The maximum Gasteiger partial charge on any atom is 0.329 e. The van der Waals surface area contributed by atoms with Crippen molar-refractivity contribution in [1.82, 2.24) is 15.3 Å². The van der Waals surface area contributed by atoms with Gasteiger partial charge in [0.25, 0.3) is 0 Å². The lowest BCUT2D eigenvalue weighted by molar-refractivity contribution is -0.139. The number of aryl methyl sites for hydroxylation is 1. The van der Waals surface area contributed by atoms with E-state index in [9.17, 15) is 9.59 Å². The summed E-state index contributed by atoms with van der Waals surface area (Å²) in [4.78, 5) is 23.8. The quantitative estimate of drug-likeness (QED) is 0.446. The van der Waals surface area contributed by atoms with Gasteiger partial charge < -0.3 is 9.88 Å². The highest BCUT2D eigenvalue weighted by Crippen LogP contribution is 2.28. The van der Waals surface area contributed by atoms with Gasteiger partial charge in [0.05, 0.1) is 16.9 Å². The zero-order valence-corrected chi connectivity index (χ0v) is 17.3. The van der Waals surface area contributed by atoms with Crippen molar-refractivity contribution in [3.8, 4) is 5.69 Å². The smallest absolute Gasteiger partial charge is 0.329 e. The number of carbonyl (C=O) groups is 2. The van der Waals surface area contributed by atoms with Crippen molar-refractivity contribution >= 4 is 41.2 Å². The number of rotatable bonds is 4. The van der Waals surface area contributed by atoms with Gasteiger partial charge in [-0.1, -0.05) is 36.0 Å². The molecule has 1 aromatic carbocycles. The summed E-state index contributed by atoms with van der Waals surface area (Å²) in [5.74, 6) is -1.42. The number of nitrogens with zero attached hydrogens (tertiary/aromatic N) is 2. The molecule has 0 spiro atoms. The summed E-state index contributed by atoms with van der Waals surface area (Å²) in [5, 5.41) is 7.82. The van der Waals surface area contributed by atoms with Gasteiger partial charge in [-0.25, -0.2) is 5.43 Å². The maximum absolute atomic E-state index is 11.9. The normalized spacial score (nSPS) is 14.6. The largest absolute Gasteiger partial charge is 0.345 e. The van der Waals surface area contributed by atoms with Crippen molar-refractivity contribution in [2.45, 2.75) is 45.6 Å². The number of hydrazone groups is 1. The van der Waals surface area contributed by atoms with Gasteiger partial charge in [-0.3, -0.25) is 9.59 Å². The summed E-state index contributed by atoms with van der Waals surface area (Å²) in [7, 11) is 0. The summed E-state index contributed by atoms with van der Waals surface area (Å²) < 4.78 is 1.96. The molecule has 6 nitrogen and oxygen atoms in total. The first-order valence-electron chi connectivity index (χ1n) is 9.15. The number of amides is 2. The van der Waals surface area contributed by atoms with E-state index in [1.807, 2.05) is 24.5 Å². The molecular formula is C20H22Cl2N4O2. The molecule has 1 aromatic heterocycles. The van der Waals surface area contributed by atoms with Crippen molar-refractivity contribution in [3.05, 3.63) is 51.3 Å². The first-order valence-corrected chi connectivity index (χ1v) is 9.90. The van der Waals surface area contributed by atoms with E-state index in [2.05, 4.69) is 15.8 Å². The van der Waals surface area contributed by atoms with Crippen LogP contribution >= 0.6 is 23.2 Å². The van der Waals surface area contributed by atoms with E-state index in [1.54, 1.807) is 18.2 Å². The summed E-state index contributed by atoms with van der Waals surface area (Å²) >= 11 is 12.4. The van der Waals surface area contributed by atoms with Gasteiger partial charge >= 0.3 is 11.8 Å². The molecule has 2 aromatic rings. The minimum Gasteiger partial charge on any atom is -0.345 e. The Labute approximate surface area is 173 Å². The monoisotopic (exact) mass is 420 g/mol.